The zero-order valence-electron chi connectivity index (χ0n) is 10.3. The van der Waals surface area contributed by atoms with Gasteiger partial charge in [0.1, 0.15) is 6.61 Å². The first-order valence-electron chi connectivity index (χ1n) is 6.07. The van der Waals surface area contributed by atoms with Crippen LogP contribution in [-0.4, -0.2) is 43.9 Å². The quantitative estimate of drug-likeness (QED) is 0.788. The summed E-state index contributed by atoms with van der Waals surface area (Å²) in [5.41, 5.74) is 0. The van der Waals surface area contributed by atoms with Crippen LogP contribution in [-0.2, 0) is 9.53 Å². The Kier molecular flexibility index (Phi) is 5.87. The molecule has 0 bridgehead atoms. The van der Waals surface area contributed by atoms with Crippen LogP contribution in [0, 0.1) is 0 Å². The lowest BCUT2D eigenvalue weighted by Gasteiger charge is -2.24. The minimum Gasteiger partial charge on any atom is -0.370 e. The summed E-state index contributed by atoms with van der Waals surface area (Å²) < 4.78 is 40.0. The van der Waals surface area contributed by atoms with Crippen molar-refractivity contribution < 1.29 is 22.7 Å². The fraction of sp³-hybridized carbons (Fsp3) is 0.909. The van der Waals surface area contributed by atoms with E-state index in [9.17, 15) is 18.0 Å². The second kappa shape index (κ2) is 6.94. The van der Waals surface area contributed by atoms with Crippen LogP contribution < -0.4 is 10.6 Å². The van der Waals surface area contributed by atoms with E-state index in [1.165, 1.54) is 0 Å². The van der Waals surface area contributed by atoms with Crippen LogP contribution in [0.5, 0.6) is 0 Å². The highest BCUT2D eigenvalue weighted by molar-refractivity contribution is 5.82. The molecule has 0 aromatic rings. The monoisotopic (exact) mass is 268 g/mol. The number of nitrogens with one attached hydrogen (secondary N) is 2. The van der Waals surface area contributed by atoms with Gasteiger partial charge in [-0.25, -0.2) is 0 Å². The molecule has 18 heavy (non-hydrogen) atoms. The largest absolute Gasteiger partial charge is 0.411 e. The third-order valence-electron chi connectivity index (χ3n) is 2.65. The van der Waals surface area contributed by atoms with Gasteiger partial charge in [-0.15, -0.1) is 0 Å². The van der Waals surface area contributed by atoms with Gasteiger partial charge in [0, 0.05) is 6.04 Å². The lowest BCUT2D eigenvalue weighted by atomic mass is 10.0. The second-order valence-electron chi connectivity index (χ2n) is 4.54. The Morgan fingerprint density at radius 2 is 2.22 bits per heavy atom. The van der Waals surface area contributed by atoms with Crippen LogP contribution in [0.3, 0.4) is 0 Å². The fourth-order valence-corrected chi connectivity index (χ4v) is 1.81. The molecule has 0 unspecified atom stereocenters. The van der Waals surface area contributed by atoms with Crippen molar-refractivity contribution in [3.05, 3.63) is 0 Å². The molecule has 0 aromatic heterocycles. The molecule has 0 saturated carbocycles. The van der Waals surface area contributed by atoms with E-state index < -0.39 is 18.8 Å². The number of carbonyl (C=O) groups excluding carboxylic acids is 1. The number of rotatable bonds is 5. The van der Waals surface area contributed by atoms with Crippen LogP contribution in [0.15, 0.2) is 0 Å². The number of carbonyl (C=O) groups is 1. The standard InChI is InChI=1S/C11H19F3N2O2/c1-8(6-18-7-11(12,13)14)16-10(17)9-4-2-3-5-15-9/h8-9,15H,2-7H2,1H3,(H,16,17)/t8-,9+/m1/s1. The van der Waals surface area contributed by atoms with E-state index in [-0.39, 0.29) is 18.6 Å². The molecule has 4 nitrogen and oxygen atoms in total. The molecule has 1 rings (SSSR count). The van der Waals surface area contributed by atoms with Crippen LogP contribution in [0.25, 0.3) is 0 Å². The number of amides is 1. The molecule has 2 N–H and O–H groups in total. The molecule has 106 valence electrons. The second-order valence-corrected chi connectivity index (χ2v) is 4.54. The number of ether oxygens (including phenoxy) is 1. The molecular weight excluding hydrogens is 249 g/mol. The fourth-order valence-electron chi connectivity index (χ4n) is 1.81. The molecule has 0 radical (unpaired) electrons. The molecule has 1 saturated heterocycles. The maximum Gasteiger partial charge on any atom is 0.411 e. The maximum atomic E-state index is 11.8. The number of alkyl halides is 3. The third kappa shape index (κ3) is 6.20. The molecule has 0 aromatic carbocycles. The Labute approximate surface area is 104 Å². The Bertz CT molecular complexity index is 266. The van der Waals surface area contributed by atoms with Crippen LogP contribution in [0.2, 0.25) is 0 Å². The van der Waals surface area contributed by atoms with E-state index in [2.05, 4.69) is 15.4 Å². The Morgan fingerprint density at radius 1 is 1.50 bits per heavy atom. The van der Waals surface area contributed by atoms with Gasteiger partial charge in [-0.05, 0) is 26.3 Å². The average molecular weight is 268 g/mol. The highest BCUT2D eigenvalue weighted by Gasteiger charge is 2.28. The minimum absolute atomic E-state index is 0.141. The minimum atomic E-state index is -4.32. The zero-order valence-corrected chi connectivity index (χ0v) is 10.3. The SMILES string of the molecule is C[C@H](COCC(F)(F)F)NC(=O)[C@@H]1CCCCN1. The molecule has 2 atom stereocenters. The topological polar surface area (TPSA) is 50.4 Å². The molecule has 1 amide bonds. The first-order valence-corrected chi connectivity index (χ1v) is 6.07. The molecule has 1 aliphatic rings. The van der Waals surface area contributed by atoms with Gasteiger partial charge < -0.3 is 15.4 Å². The Morgan fingerprint density at radius 3 is 2.78 bits per heavy atom. The summed E-state index contributed by atoms with van der Waals surface area (Å²) in [6.45, 7) is 1.00. The summed E-state index contributed by atoms with van der Waals surface area (Å²) in [6, 6.07) is -0.660. The summed E-state index contributed by atoms with van der Waals surface area (Å²) in [6.07, 6.45) is -1.52. The van der Waals surface area contributed by atoms with Gasteiger partial charge in [0.2, 0.25) is 5.91 Å². The molecule has 0 aliphatic carbocycles. The van der Waals surface area contributed by atoms with E-state index in [4.69, 9.17) is 0 Å². The summed E-state index contributed by atoms with van der Waals surface area (Å²) in [5, 5.41) is 5.71. The van der Waals surface area contributed by atoms with Gasteiger partial charge in [0.05, 0.1) is 12.6 Å². The van der Waals surface area contributed by atoms with Crippen molar-refractivity contribution in [1.82, 2.24) is 10.6 Å². The van der Waals surface area contributed by atoms with E-state index >= 15 is 0 Å². The average Bonchev–Trinajstić information content (AvgIpc) is 2.28. The molecule has 0 spiro atoms. The van der Waals surface area contributed by atoms with Crippen molar-refractivity contribution >= 4 is 5.91 Å². The Balaban J connectivity index is 2.18. The van der Waals surface area contributed by atoms with Crippen molar-refractivity contribution in [3.8, 4) is 0 Å². The lowest BCUT2D eigenvalue weighted by molar-refractivity contribution is -0.175. The third-order valence-corrected chi connectivity index (χ3v) is 2.65. The first kappa shape index (κ1) is 15.2. The molecule has 7 heteroatoms. The summed E-state index contributed by atoms with van der Waals surface area (Å²) in [7, 11) is 0. The van der Waals surface area contributed by atoms with E-state index in [0.29, 0.717) is 0 Å². The smallest absolute Gasteiger partial charge is 0.370 e. The highest BCUT2D eigenvalue weighted by atomic mass is 19.4. The summed E-state index contributed by atoms with van der Waals surface area (Å²) >= 11 is 0. The lowest BCUT2D eigenvalue weighted by Crippen LogP contribution is -2.50. The van der Waals surface area contributed by atoms with E-state index in [1.807, 2.05) is 0 Å². The Hall–Kier alpha value is -0.820. The van der Waals surface area contributed by atoms with Gasteiger partial charge in [0.15, 0.2) is 0 Å². The van der Waals surface area contributed by atoms with Crippen LogP contribution in [0.4, 0.5) is 13.2 Å². The number of piperidine rings is 1. The summed E-state index contributed by atoms with van der Waals surface area (Å²) in [4.78, 5) is 11.7. The highest BCUT2D eigenvalue weighted by Crippen LogP contribution is 2.14. The van der Waals surface area contributed by atoms with E-state index in [1.54, 1.807) is 6.92 Å². The van der Waals surface area contributed by atoms with Crippen molar-refractivity contribution in [2.45, 2.75) is 44.4 Å². The molecule has 1 aliphatic heterocycles. The van der Waals surface area contributed by atoms with Crippen LogP contribution in [0.1, 0.15) is 26.2 Å². The number of hydrogen-bond donors (Lipinski definition) is 2. The van der Waals surface area contributed by atoms with Crippen molar-refractivity contribution in [3.63, 3.8) is 0 Å². The van der Waals surface area contributed by atoms with Crippen molar-refractivity contribution in [2.75, 3.05) is 19.8 Å². The molecular formula is C11H19F3N2O2. The maximum absolute atomic E-state index is 11.8. The summed E-state index contributed by atoms with van der Waals surface area (Å²) in [5.74, 6) is -0.169. The van der Waals surface area contributed by atoms with Gasteiger partial charge in [-0.1, -0.05) is 6.42 Å². The predicted molar refractivity (Wildman–Crippen MR) is 60.1 cm³/mol. The van der Waals surface area contributed by atoms with Crippen molar-refractivity contribution in [1.29, 1.82) is 0 Å². The van der Waals surface area contributed by atoms with Gasteiger partial charge in [-0.2, -0.15) is 13.2 Å². The van der Waals surface area contributed by atoms with E-state index in [0.717, 1.165) is 25.8 Å². The zero-order chi connectivity index (χ0) is 13.6. The number of hydrogen-bond acceptors (Lipinski definition) is 3. The number of halogens is 3. The molecule has 1 fully saturated rings. The van der Waals surface area contributed by atoms with Crippen LogP contribution >= 0.6 is 0 Å². The van der Waals surface area contributed by atoms with Crippen molar-refractivity contribution in [2.24, 2.45) is 0 Å². The van der Waals surface area contributed by atoms with Gasteiger partial charge in [-0.3, -0.25) is 4.79 Å². The molecule has 1 heterocycles. The van der Waals surface area contributed by atoms with Gasteiger partial charge in [0.25, 0.3) is 0 Å². The normalized spacial score (nSPS) is 22.6. The van der Waals surface area contributed by atoms with Gasteiger partial charge >= 0.3 is 6.18 Å². The first-order chi connectivity index (χ1) is 8.38. The predicted octanol–water partition coefficient (Wildman–Crippen LogP) is 1.21.